The molecule has 1 amide bonds. The molecule has 0 fully saturated rings. The summed E-state index contributed by atoms with van der Waals surface area (Å²) in [5.74, 6) is -1.14. The van der Waals surface area contributed by atoms with Crippen molar-refractivity contribution in [1.82, 2.24) is 5.43 Å². The topological polar surface area (TPSA) is 78.8 Å². The molecule has 2 N–H and O–H groups in total. The third kappa shape index (κ3) is 5.01. The number of carbonyl (C=O) groups excluding carboxylic acids is 1. The predicted molar refractivity (Wildman–Crippen MR) is 106 cm³/mol. The van der Waals surface area contributed by atoms with Gasteiger partial charge in [-0.25, -0.2) is 5.43 Å². The second-order valence-corrected chi connectivity index (χ2v) is 6.17. The van der Waals surface area contributed by atoms with Gasteiger partial charge in [0, 0.05) is 6.42 Å². The van der Waals surface area contributed by atoms with Crippen molar-refractivity contribution in [2.24, 2.45) is 5.10 Å². The summed E-state index contributed by atoms with van der Waals surface area (Å²) in [4.78, 5) is 23.3. The molecule has 0 atom stereocenters. The Kier molecular flexibility index (Phi) is 5.94. The first-order chi connectivity index (χ1) is 13.1. The van der Waals surface area contributed by atoms with E-state index in [-0.39, 0.29) is 25.2 Å². The number of amides is 1. The summed E-state index contributed by atoms with van der Waals surface area (Å²) < 4.78 is 0. The second kappa shape index (κ2) is 8.76. The molecule has 0 radical (unpaired) electrons. The number of carboxylic acids is 1. The average Bonchev–Trinajstić information content (AvgIpc) is 2.69. The Morgan fingerprint density at radius 1 is 0.852 bits per heavy atom. The minimum atomic E-state index is -0.902. The number of hydrazone groups is 1. The average molecular weight is 360 g/mol. The van der Waals surface area contributed by atoms with E-state index >= 15 is 0 Å². The second-order valence-electron chi connectivity index (χ2n) is 6.17. The Hall–Kier alpha value is -3.47. The predicted octanol–water partition coefficient (Wildman–Crippen LogP) is 3.77. The summed E-state index contributed by atoms with van der Waals surface area (Å²) in [7, 11) is 0. The van der Waals surface area contributed by atoms with Gasteiger partial charge < -0.3 is 5.11 Å². The van der Waals surface area contributed by atoms with E-state index in [1.54, 1.807) is 0 Å². The van der Waals surface area contributed by atoms with Crippen LogP contribution in [-0.4, -0.2) is 22.7 Å². The molecule has 0 saturated carbocycles. The number of benzene rings is 3. The lowest BCUT2D eigenvalue weighted by Gasteiger charge is -2.08. The van der Waals surface area contributed by atoms with Crippen LogP contribution in [0.2, 0.25) is 0 Å². The summed E-state index contributed by atoms with van der Waals surface area (Å²) in [6, 6.07) is 23.0. The maximum atomic E-state index is 12.4. The van der Waals surface area contributed by atoms with Crippen molar-refractivity contribution in [2.75, 3.05) is 0 Å². The number of aliphatic carboxylic acids is 1. The van der Waals surface area contributed by atoms with Crippen molar-refractivity contribution < 1.29 is 14.7 Å². The fourth-order valence-corrected chi connectivity index (χ4v) is 2.91. The zero-order valence-electron chi connectivity index (χ0n) is 14.8. The third-order valence-electron chi connectivity index (χ3n) is 4.23. The molecule has 0 spiro atoms. The molecule has 0 saturated heterocycles. The van der Waals surface area contributed by atoms with Crippen molar-refractivity contribution in [3.05, 3.63) is 83.9 Å². The SMILES string of the molecule is O=C(O)CC/C(=N/NC(=O)Cc1cccc2ccccc12)c1ccccc1. The van der Waals surface area contributed by atoms with Crippen LogP contribution < -0.4 is 5.43 Å². The highest BCUT2D eigenvalue weighted by Crippen LogP contribution is 2.18. The highest BCUT2D eigenvalue weighted by atomic mass is 16.4. The van der Waals surface area contributed by atoms with Crippen molar-refractivity contribution >= 4 is 28.4 Å². The molecule has 0 aliphatic rings. The number of fused-ring (bicyclic) bond motifs is 1. The molecule has 0 heterocycles. The number of nitrogens with zero attached hydrogens (tertiary/aromatic N) is 1. The molecule has 136 valence electrons. The quantitative estimate of drug-likeness (QED) is 0.497. The number of carboxylic acid groups (broad SMARTS) is 1. The van der Waals surface area contributed by atoms with Gasteiger partial charge in [-0.1, -0.05) is 72.8 Å². The molecule has 3 rings (SSSR count). The monoisotopic (exact) mass is 360 g/mol. The summed E-state index contributed by atoms with van der Waals surface area (Å²) in [5, 5.41) is 15.3. The number of carbonyl (C=O) groups is 2. The van der Waals surface area contributed by atoms with Crippen LogP contribution in [0.3, 0.4) is 0 Å². The Balaban J connectivity index is 1.75. The van der Waals surface area contributed by atoms with Crippen molar-refractivity contribution in [1.29, 1.82) is 0 Å². The van der Waals surface area contributed by atoms with Crippen LogP contribution in [0.4, 0.5) is 0 Å². The Bertz CT molecular complexity index is 976. The van der Waals surface area contributed by atoms with Gasteiger partial charge in [0.15, 0.2) is 0 Å². The van der Waals surface area contributed by atoms with Crippen LogP contribution >= 0.6 is 0 Å². The van der Waals surface area contributed by atoms with E-state index in [0.29, 0.717) is 5.71 Å². The molecule has 3 aromatic carbocycles. The number of rotatable bonds is 7. The first kappa shape index (κ1) is 18.3. The van der Waals surface area contributed by atoms with E-state index < -0.39 is 5.97 Å². The summed E-state index contributed by atoms with van der Waals surface area (Å²) in [5.41, 5.74) is 4.84. The molecule has 0 aliphatic carbocycles. The highest BCUT2D eigenvalue weighted by molar-refractivity contribution is 6.02. The zero-order valence-corrected chi connectivity index (χ0v) is 14.8. The highest BCUT2D eigenvalue weighted by Gasteiger charge is 2.09. The van der Waals surface area contributed by atoms with Crippen molar-refractivity contribution in [2.45, 2.75) is 19.3 Å². The van der Waals surface area contributed by atoms with E-state index in [4.69, 9.17) is 5.11 Å². The zero-order chi connectivity index (χ0) is 19.1. The van der Waals surface area contributed by atoms with Gasteiger partial charge >= 0.3 is 5.97 Å². The maximum absolute atomic E-state index is 12.4. The Labute approximate surface area is 157 Å². The van der Waals surface area contributed by atoms with Crippen LogP contribution in [0.25, 0.3) is 10.8 Å². The lowest BCUT2D eigenvalue weighted by atomic mass is 10.0. The minimum absolute atomic E-state index is 0.0487. The van der Waals surface area contributed by atoms with E-state index in [1.807, 2.05) is 72.8 Å². The molecular formula is C22H20N2O3. The summed E-state index contributed by atoms with van der Waals surface area (Å²) in [6.45, 7) is 0. The third-order valence-corrected chi connectivity index (χ3v) is 4.23. The molecule has 5 nitrogen and oxygen atoms in total. The van der Waals surface area contributed by atoms with Gasteiger partial charge in [-0.2, -0.15) is 5.10 Å². The van der Waals surface area contributed by atoms with E-state index in [2.05, 4.69) is 10.5 Å². The van der Waals surface area contributed by atoms with Crippen LogP contribution in [-0.2, 0) is 16.0 Å². The fraction of sp³-hybridized carbons (Fsp3) is 0.136. The van der Waals surface area contributed by atoms with E-state index in [1.165, 1.54) is 0 Å². The van der Waals surface area contributed by atoms with Gasteiger partial charge in [0.25, 0.3) is 0 Å². The van der Waals surface area contributed by atoms with Crippen molar-refractivity contribution in [3.63, 3.8) is 0 Å². The lowest BCUT2D eigenvalue weighted by molar-refractivity contribution is -0.136. The number of hydrogen-bond donors (Lipinski definition) is 2. The molecule has 0 aliphatic heterocycles. The van der Waals surface area contributed by atoms with Crippen molar-refractivity contribution in [3.8, 4) is 0 Å². The van der Waals surface area contributed by atoms with Gasteiger partial charge in [-0.15, -0.1) is 0 Å². The first-order valence-electron chi connectivity index (χ1n) is 8.73. The summed E-state index contributed by atoms with van der Waals surface area (Å²) in [6.07, 6.45) is 0.396. The van der Waals surface area contributed by atoms with Crippen LogP contribution in [0.1, 0.15) is 24.0 Å². The Morgan fingerprint density at radius 2 is 1.56 bits per heavy atom. The van der Waals surface area contributed by atoms with Crippen LogP contribution in [0.5, 0.6) is 0 Å². The molecule has 3 aromatic rings. The molecular weight excluding hydrogens is 340 g/mol. The molecule has 5 heteroatoms. The van der Waals surface area contributed by atoms with Crippen LogP contribution in [0, 0.1) is 0 Å². The Morgan fingerprint density at radius 3 is 2.33 bits per heavy atom. The number of nitrogens with one attached hydrogen (secondary N) is 1. The molecule has 0 aromatic heterocycles. The van der Waals surface area contributed by atoms with Crippen LogP contribution in [0.15, 0.2) is 77.9 Å². The molecule has 27 heavy (non-hydrogen) atoms. The van der Waals surface area contributed by atoms with E-state index in [0.717, 1.165) is 21.9 Å². The first-order valence-corrected chi connectivity index (χ1v) is 8.73. The van der Waals surface area contributed by atoms with Gasteiger partial charge in [-0.05, 0) is 21.9 Å². The normalized spacial score (nSPS) is 11.3. The van der Waals surface area contributed by atoms with E-state index in [9.17, 15) is 9.59 Å². The standard InChI is InChI=1S/C22H20N2O3/c25-21(15-18-11-6-10-16-7-4-5-12-19(16)18)24-23-20(13-14-22(26)27)17-8-2-1-3-9-17/h1-12H,13-15H2,(H,24,25)(H,26,27)/b23-20-. The summed E-state index contributed by atoms with van der Waals surface area (Å²) >= 11 is 0. The number of hydrogen-bond acceptors (Lipinski definition) is 3. The smallest absolute Gasteiger partial charge is 0.303 e. The van der Waals surface area contributed by atoms with Gasteiger partial charge in [0.05, 0.1) is 18.6 Å². The largest absolute Gasteiger partial charge is 0.481 e. The fourth-order valence-electron chi connectivity index (χ4n) is 2.91. The lowest BCUT2D eigenvalue weighted by Crippen LogP contribution is -2.22. The minimum Gasteiger partial charge on any atom is -0.481 e. The molecule has 0 unspecified atom stereocenters. The van der Waals surface area contributed by atoms with Gasteiger partial charge in [0.1, 0.15) is 0 Å². The maximum Gasteiger partial charge on any atom is 0.303 e. The van der Waals surface area contributed by atoms with Gasteiger partial charge in [0.2, 0.25) is 5.91 Å². The van der Waals surface area contributed by atoms with Gasteiger partial charge in [-0.3, -0.25) is 9.59 Å². The molecule has 0 bridgehead atoms.